The quantitative estimate of drug-likeness (QED) is 0.265. The number of piperidine rings is 1. The highest BCUT2D eigenvalue weighted by Gasteiger charge is 2.44. The van der Waals surface area contributed by atoms with Crippen molar-refractivity contribution in [3.05, 3.63) is 65.0 Å². The van der Waals surface area contributed by atoms with Gasteiger partial charge in [0, 0.05) is 36.5 Å². The van der Waals surface area contributed by atoms with E-state index in [9.17, 15) is 32.3 Å². The van der Waals surface area contributed by atoms with Gasteiger partial charge in [0.25, 0.3) is 0 Å². The lowest BCUT2D eigenvalue weighted by Gasteiger charge is -2.44. The summed E-state index contributed by atoms with van der Waals surface area (Å²) >= 11 is 0. The number of alkyl halides is 3. The summed E-state index contributed by atoms with van der Waals surface area (Å²) in [6.07, 6.45) is -4.66. The molecule has 1 aliphatic rings. The third-order valence-electron chi connectivity index (χ3n) is 6.95. The second-order valence-electron chi connectivity index (χ2n) is 10.2. The molecule has 2 aromatic carbocycles. The van der Waals surface area contributed by atoms with Crippen LogP contribution in [-0.4, -0.2) is 79.1 Å². The zero-order valence-electron chi connectivity index (χ0n) is 21.9. The fraction of sp³-hybridized carbons (Fsp3) is 0.500. The van der Waals surface area contributed by atoms with Crippen molar-refractivity contribution in [3.8, 4) is 5.75 Å². The van der Waals surface area contributed by atoms with Gasteiger partial charge < -0.3 is 20.2 Å². The molecule has 1 amide bonds. The van der Waals surface area contributed by atoms with Crippen molar-refractivity contribution in [2.24, 2.45) is 5.92 Å². The summed E-state index contributed by atoms with van der Waals surface area (Å²) < 4.78 is 53.6. The maximum Gasteiger partial charge on any atom is 0.397 e. The first-order chi connectivity index (χ1) is 17.9. The summed E-state index contributed by atoms with van der Waals surface area (Å²) in [5.41, 5.74) is 0.984. The Labute approximate surface area is 220 Å². The number of ketones is 1. The van der Waals surface area contributed by atoms with Crippen molar-refractivity contribution in [2.75, 3.05) is 40.3 Å². The van der Waals surface area contributed by atoms with E-state index in [1.54, 1.807) is 19.1 Å². The zero-order valence-corrected chi connectivity index (χ0v) is 21.9. The Hall–Kier alpha value is -2.98. The van der Waals surface area contributed by atoms with Gasteiger partial charge in [0.15, 0.2) is 5.78 Å². The maximum absolute atomic E-state index is 14.6. The lowest BCUT2D eigenvalue weighted by Crippen LogP contribution is -2.57. The zero-order chi connectivity index (χ0) is 28.0. The van der Waals surface area contributed by atoms with Crippen molar-refractivity contribution in [3.63, 3.8) is 0 Å². The summed E-state index contributed by atoms with van der Waals surface area (Å²) in [5.74, 6) is -3.69. The number of phenols is 1. The Morgan fingerprint density at radius 3 is 2.47 bits per heavy atom. The van der Waals surface area contributed by atoms with E-state index in [0.29, 0.717) is 12.1 Å². The van der Waals surface area contributed by atoms with Gasteiger partial charge in [0.1, 0.15) is 18.0 Å². The molecule has 0 bridgehead atoms. The van der Waals surface area contributed by atoms with Gasteiger partial charge in [-0.1, -0.05) is 24.3 Å². The minimum atomic E-state index is -4.69. The van der Waals surface area contributed by atoms with Gasteiger partial charge in [-0.25, -0.2) is 4.39 Å². The Kier molecular flexibility index (Phi) is 9.89. The van der Waals surface area contributed by atoms with Crippen LogP contribution in [0.2, 0.25) is 0 Å². The number of nitrogens with zero attached hydrogens (tertiary/aromatic N) is 2. The minimum absolute atomic E-state index is 0.0966. The van der Waals surface area contributed by atoms with Gasteiger partial charge in [-0.3, -0.25) is 9.59 Å². The molecule has 0 saturated carbocycles. The predicted molar refractivity (Wildman–Crippen MR) is 137 cm³/mol. The molecule has 0 spiro atoms. The number of nitrogens with one attached hydrogen (secondary N) is 1. The van der Waals surface area contributed by atoms with E-state index >= 15 is 0 Å². The number of unbranched alkanes of at least 4 members (excludes halogenated alkanes) is 1. The normalized spacial score (nSPS) is 20.5. The standard InChI is InChI=1S/C28H35F4N3O3/c1-18-21(10-7-11-23(18)29)26-22(27(38)19-8-6-9-20(36)14-19)16-35(13-5-4-12-34(2)3)17-24(26)33-25(37)15-28(30,31)32/h6-11,14,22,24,26,36H,4-5,12-13,15-17H2,1-3H3,(H,33,37)/t22-,24+,26-/m0/s1. The molecule has 2 N–H and O–H groups in total. The number of likely N-dealkylation sites (tertiary alicyclic amines) is 1. The SMILES string of the molecule is Cc1c(F)cccc1[C@H]1[C@@H](C(=O)c2cccc(O)c2)CN(CCCCN(C)C)C[C@H]1NC(=O)CC(F)(F)F. The lowest BCUT2D eigenvalue weighted by molar-refractivity contribution is -0.154. The molecule has 0 unspecified atom stereocenters. The molecule has 6 nitrogen and oxygen atoms in total. The van der Waals surface area contributed by atoms with E-state index in [0.717, 1.165) is 19.4 Å². The predicted octanol–water partition coefficient (Wildman–Crippen LogP) is 4.52. The number of hydrogen-bond acceptors (Lipinski definition) is 5. The summed E-state index contributed by atoms with van der Waals surface area (Å²) in [4.78, 5) is 30.3. The molecule has 0 aromatic heterocycles. The molecule has 3 rings (SSSR count). The fourth-order valence-corrected chi connectivity index (χ4v) is 5.20. The molecular formula is C28H35F4N3O3. The Bertz CT molecular complexity index is 1120. The Balaban J connectivity index is 2.01. The highest BCUT2D eigenvalue weighted by atomic mass is 19.4. The van der Waals surface area contributed by atoms with Crippen LogP contribution in [0, 0.1) is 18.7 Å². The first kappa shape index (κ1) is 29.6. The molecule has 1 fully saturated rings. The molecule has 1 saturated heterocycles. The molecule has 0 aliphatic carbocycles. The van der Waals surface area contributed by atoms with E-state index in [4.69, 9.17) is 0 Å². The van der Waals surface area contributed by atoms with Crippen LogP contribution in [0.25, 0.3) is 0 Å². The van der Waals surface area contributed by atoms with Gasteiger partial charge in [0.05, 0.1) is 0 Å². The van der Waals surface area contributed by atoms with Crippen molar-refractivity contribution < 1.29 is 32.3 Å². The number of hydrogen-bond donors (Lipinski definition) is 2. The summed E-state index contributed by atoms with van der Waals surface area (Å²) in [7, 11) is 3.92. The van der Waals surface area contributed by atoms with Crippen LogP contribution in [-0.2, 0) is 4.79 Å². The molecule has 3 atom stereocenters. The van der Waals surface area contributed by atoms with Crippen LogP contribution >= 0.6 is 0 Å². The Morgan fingerprint density at radius 1 is 1.11 bits per heavy atom. The van der Waals surface area contributed by atoms with Crippen LogP contribution in [0.5, 0.6) is 5.75 Å². The average Bonchev–Trinajstić information content (AvgIpc) is 2.82. The number of benzene rings is 2. The number of Topliss-reactive ketones (excluding diaryl/α,β-unsaturated/α-hetero) is 1. The molecule has 0 radical (unpaired) electrons. The molecule has 1 heterocycles. The van der Waals surface area contributed by atoms with Gasteiger partial charge in [-0.05, 0) is 76.3 Å². The van der Waals surface area contributed by atoms with E-state index in [-0.39, 0.29) is 35.7 Å². The number of rotatable bonds is 10. The molecule has 38 heavy (non-hydrogen) atoms. The molecule has 208 valence electrons. The van der Waals surface area contributed by atoms with Crippen LogP contribution in [0.4, 0.5) is 17.6 Å². The first-order valence-electron chi connectivity index (χ1n) is 12.7. The van der Waals surface area contributed by atoms with Crippen molar-refractivity contribution >= 4 is 11.7 Å². The van der Waals surface area contributed by atoms with E-state index in [1.807, 2.05) is 23.9 Å². The van der Waals surface area contributed by atoms with E-state index < -0.39 is 42.2 Å². The lowest BCUT2D eigenvalue weighted by atomic mass is 9.72. The molecule has 10 heteroatoms. The molecular weight excluding hydrogens is 502 g/mol. The molecule has 1 aliphatic heterocycles. The number of carbonyl (C=O) groups excluding carboxylic acids is 2. The van der Waals surface area contributed by atoms with Gasteiger partial charge in [-0.2, -0.15) is 13.2 Å². The van der Waals surface area contributed by atoms with Crippen LogP contribution in [0.1, 0.15) is 46.7 Å². The van der Waals surface area contributed by atoms with Crippen LogP contribution < -0.4 is 5.32 Å². The number of halogens is 4. The third kappa shape index (κ3) is 8.01. The highest BCUT2D eigenvalue weighted by molar-refractivity contribution is 5.99. The summed E-state index contributed by atoms with van der Waals surface area (Å²) in [6.45, 7) is 3.50. The summed E-state index contributed by atoms with van der Waals surface area (Å²) in [5, 5.41) is 12.5. The van der Waals surface area contributed by atoms with Crippen LogP contribution in [0.15, 0.2) is 42.5 Å². The fourth-order valence-electron chi connectivity index (χ4n) is 5.20. The van der Waals surface area contributed by atoms with Gasteiger partial charge >= 0.3 is 6.18 Å². The second kappa shape index (κ2) is 12.7. The first-order valence-corrected chi connectivity index (χ1v) is 12.7. The number of aromatic hydroxyl groups is 1. The maximum atomic E-state index is 14.6. The Morgan fingerprint density at radius 2 is 1.82 bits per heavy atom. The van der Waals surface area contributed by atoms with Crippen molar-refractivity contribution in [1.29, 1.82) is 0 Å². The van der Waals surface area contributed by atoms with E-state index in [1.165, 1.54) is 30.3 Å². The van der Waals surface area contributed by atoms with Crippen molar-refractivity contribution in [1.82, 2.24) is 15.1 Å². The number of phenolic OH excluding ortho intramolecular Hbond substituents is 1. The molecule has 2 aromatic rings. The smallest absolute Gasteiger partial charge is 0.397 e. The highest BCUT2D eigenvalue weighted by Crippen LogP contribution is 2.38. The minimum Gasteiger partial charge on any atom is -0.508 e. The topological polar surface area (TPSA) is 72.9 Å². The largest absolute Gasteiger partial charge is 0.508 e. The number of carbonyl (C=O) groups is 2. The van der Waals surface area contributed by atoms with Gasteiger partial charge in [-0.15, -0.1) is 0 Å². The third-order valence-corrected chi connectivity index (χ3v) is 6.95. The van der Waals surface area contributed by atoms with E-state index in [2.05, 4.69) is 5.32 Å². The number of amides is 1. The van der Waals surface area contributed by atoms with Crippen molar-refractivity contribution in [2.45, 2.75) is 44.3 Å². The average molecular weight is 538 g/mol. The van der Waals surface area contributed by atoms with Gasteiger partial charge in [0.2, 0.25) is 5.91 Å². The van der Waals surface area contributed by atoms with Crippen LogP contribution in [0.3, 0.4) is 0 Å². The summed E-state index contributed by atoms with van der Waals surface area (Å²) in [6, 6.07) is 9.44. The second-order valence-corrected chi connectivity index (χ2v) is 10.2. The monoisotopic (exact) mass is 537 g/mol.